The van der Waals surface area contributed by atoms with Crippen LogP contribution in [0.3, 0.4) is 0 Å². The van der Waals surface area contributed by atoms with Crippen molar-refractivity contribution >= 4 is 17.3 Å². The van der Waals surface area contributed by atoms with Crippen molar-refractivity contribution in [3.05, 3.63) is 40.1 Å². The molecule has 0 fully saturated rings. The predicted molar refractivity (Wildman–Crippen MR) is 76.3 cm³/mol. The first-order valence-electron chi connectivity index (χ1n) is 6.52. The van der Waals surface area contributed by atoms with E-state index in [0.29, 0.717) is 6.42 Å². The Morgan fingerprint density at radius 3 is 3.15 bits per heavy atom. The topological polar surface area (TPSA) is 47.4 Å². The lowest BCUT2D eigenvalue weighted by molar-refractivity contribution is -0.148. The molecule has 0 aliphatic carbocycles. The lowest BCUT2D eigenvalue weighted by atomic mass is 10.0. The van der Waals surface area contributed by atoms with Gasteiger partial charge in [-0.2, -0.15) is 0 Å². The molecule has 0 N–H and O–H groups in total. The molecule has 6 heteroatoms. The van der Waals surface area contributed by atoms with Gasteiger partial charge in [-0.3, -0.25) is 9.69 Å². The largest absolute Gasteiger partial charge is 0.468 e. The molecule has 0 aromatic carbocycles. The first-order valence-corrected chi connectivity index (χ1v) is 7.40. The van der Waals surface area contributed by atoms with Gasteiger partial charge < -0.3 is 9.30 Å². The van der Waals surface area contributed by atoms with Crippen LogP contribution in [0.2, 0.25) is 0 Å². The van der Waals surface area contributed by atoms with Gasteiger partial charge in [-0.1, -0.05) is 6.07 Å². The first-order chi connectivity index (χ1) is 9.69. The molecular weight excluding hydrogens is 274 g/mol. The van der Waals surface area contributed by atoms with E-state index in [9.17, 15) is 4.79 Å². The Balaban J connectivity index is 1.88. The summed E-state index contributed by atoms with van der Waals surface area (Å²) in [6, 6.07) is 3.88. The molecule has 5 nitrogen and oxygen atoms in total. The molecule has 20 heavy (non-hydrogen) atoms. The third-order valence-electron chi connectivity index (χ3n) is 3.74. The Hall–Kier alpha value is -1.66. The highest BCUT2D eigenvalue weighted by atomic mass is 32.1. The van der Waals surface area contributed by atoms with Crippen molar-refractivity contribution in [2.24, 2.45) is 7.05 Å². The molecule has 0 spiro atoms. The maximum atomic E-state index is 12.0. The average molecular weight is 291 g/mol. The highest BCUT2D eigenvalue weighted by molar-refractivity contribution is 7.09. The summed E-state index contributed by atoms with van der Waals surface area (Å²) in [5.74, 6) is -0.183. The van der Waals surface area contributed by atoms with E-state index in [0.717, 1.165) is 18.8 Å². The van der Waals surface area contributed by atoms with Gasteiger partial charge in [0.2, 0.25) is 0 Å². The van der Waals surface area contributed by atoms with E-state index in [4.69, 9.17) is 4.74 Å². The van der Waals surface area contributed by atoms with Crippen LogP contribution in [-0.4, -0.2) is 33.6 Å². The number of carbonyl (C=O) groups is 1. The standard InChI is InChI=1S/C14H17N3O2S/c1-16-9-15-11-6-12(14(18)19-2)17(8-13(11)16)7-10-4-3-5-20-10/h3-5,9,12H,6-8H2,1-2H3/t12-/m0/s1. The fourth-order valence-electron chi connectivity index (χ4n) is 2.63. The summed E-state index contributed by atoms with van der Waals surface area (Å²) in [7, 11) is 3.44. The third-order valence-corrected chi connectivity index (χ3v) is 4.60. The fraction of sp³-hybridized carbons (Fsp3) is 0.429. The number of imidazole rings is 1. The van der Waals surface area contributed by atoms with Crippen LogP contribution >= 0.6 is 11.3 Å². The van der Waals surface area contributed by atoms with Gasteiger partial charge >= 0.3 is 5.97 Å². The van der Waals surface area contributed by atoms with Crippen LogP contribution in [0.5, 0.6) is 0 Å². The van der Waals surface area contributed by atoms with Crippen molar-refractivity contribution in [2.45, 2.75) is 25.6 Å². The number of nitrogens with zero attached hydrogens (tertiary/aromatic N) is 3. The maximum Gasteiger partial charge on any atom is 0.323 e. The highest BCUT2D eigenvalue weighted by Crippen LogP contribution is 2.25. The van der Waals surface area contributed by atoms with Crippen LogP contribution in [-0.2, 0) is 36.1 Å². The zero-order valence-electron chi connectivity index (χ0n) is 11.6. The second-order valence-corrected chi connectivity index (χ2v) is 6.01. The lowest BCUT2D eigenvalue weighted by Crippen LogP contribution is -2.45. The van der Waals surface area contributed by atoms with Crippen molar-refractivity contribution in [1.82, 2.24) is 14.5 Å². The van der Waals surface area contributed by atoms with E-state index in [1.807, 2.05) is 24.0 Å². The van der Waals surface area contributed by atoms with Gasteiger partial charge in [0, 0.05) is 31.4 Å². The van der Waals surface area contributed by atoms with E-state index in [2.05, 4.69) is 21.3 Å². The number of ether oxygens (including phenoxy) is 1. The first kappa shape index (κ1) is 13.3. The Morgan fingerprint density at radius 2 is 2.45 bits per heavy atom. The number of hydrogen-bond acceptors (Lipinski definition) is 5. The summed E-state index contributed by atoms with van der Waals surface area (Å²) in [6.07, 6.45) is 2.43. The van der Waals surface area contributed by atoms with Gasteiger partial charge in [0.05, 0.1) is 24.8 Å². The number of esters is 1. The van der Waals surface area contributed by atoms with Crippen LogP contribution < -0.4 is 0 Å². The lowest BCUT2D eigenvalue weighted by Gasteiger charge is -2.33. The smallest absolute Gasteiger partial charge is 0.323 e. The molecule has 0 radical (unpaired) electrons. The molecule has 0 saturated carbocycles. The van der Waals surface area contributed by atoms with Crippen LogP contribution in [0.4, 0.5) is 0 Å². The molecule has 0 unspecified atom stereocenters. The number of hydrogen-bond donors (Lipinski definition) is 0. The number of methoxy groups -OCH3 is 1. The molecule has 1 atom stereocenters. The highest BCUT2D eigenvalue weighted by Gasteiger charge is 2.34. The van der Waals surface area contributed by atoms with E-state index >= 15 is 0 Å². The minimum absolute atomic E-state index is 0.183. The number of fused-ring (bicyclic) bond motifs is 1. The Bertz CT molecular complexity index is 606. The SMILES string of the molecule is COC(=O)[C@@H]1Cc2ncn(C)c2CN1Cc1cccs1. The van der Waals surface area contributed by atoms with Crippen LogP contribution in [0.25, 0.3) is 0 Å². The van der Waals surface area contributed by atoms with Crippen molar-refractivity contribution < 1.29 is 9.53 Å². The zero-order chi connectivity index (χ0) is 14.1. The van der Waals surface area contributed by atoms with Gasteiger partial charge in [0.25, 0.3) is 0 Å². The maximum absolute atomic E-state index is 12.0. The molecule has 2 aromatic heterocycles. The van der Waals surface area contributed by atoms with Crippen molar-refractivity contribution in [3.8, 4) is 0 Å². The molecule has 3 rings (SSSR count). The van der Waals surface area contributed by atoms with E-state index in [1.165, 1.54) is 17.7 Å². The van der Waals surface area contributed by atoms with E-state index in [1.54, 1.807) is 11.3 Å². The molecule has 1 aliphatic rings. The summed E-state index contributed by atoms with van der Waals surface area (Å²) in [6.45, 7) is 1.49. The molecule has 0 bridgehead atoms. The quantitative estimate of drug-likeness (QED) is 0.806. The van der Waals surface area contributed by atoms with E-state index in [-0.39, 0.29) is 12.0 Å². The minimum Gasteiger partial charge on any atom is -0.468 e. The van der Waals surface area contributed by atoms with Gasteiger partial charge in [0.15, 0.2) is 0 Å². The number of thiophene rings is 1. The van der Waals surface area contributed by atoms with E-state index < -0.39 is 0 Å². The molecule has 2 aromatic rings. The van der Waals surface area contributed by atoms with Crippen molar-refractivity contribution in [3.63, 3.8) is 0 Å². The summed E-state index contributed by atoms with van der Waals surface area (Å²) >= 11 is 1.71. The summed E-state index contributed by atoms with van der Waals surface area (Å²) in [5.41, 5.74) is 2.19. The summed E-state index contributed by atoms with van der Waals surface area (Å²) in [5, 5.41) is 2.06. The summed E-state index contributed by atoms with van der Waals surface area (Å²) < 4.78 is 6.98. The Kier molecular flexibility index (Phi) is 3.58. The minimum atomic E-state index is -0.246. The second-order valence-electron chi connectivity index (χ2n) is 4.98. The molecule has 1 aliphatic heterocycles. The number of carbonyl (C=O) groups excluding carboxylic acids is 1. The summed E-state index contributed by atoms with van der Waals surface area (Å²) in [4.78, 5) is 19.8. The van der Waals surface area contributed by atoms with Crippen molar-refractivity contribution in [2.75, 3.05) is 7.11 Å². The van der Waals surface area contributed by atoms with Gasteiger partial charge in [-0.25, -0.2) is 4.98 Å². The molecule has 3 heterocycles. The fourth-order valence-corrected chi connectivity index (χ4v) is 3.36. The van der Waals surface area contributed by atoms with Gasteiger partial charge in [-0.15, -0.1) is 11.3 Å². The average Bonchev–Trinajstić information content (AvgIpc) is 3.08. The number of aryl methyl sites for hydroxylation is 1. The molecular formula is C14H17N3O2S. The van der Waals surface area contributed by atoms with Crippen LogP contribution in [0, 0.1) is 0 Å². The number of aromatic nitrogens is 2. The molecule has 0 saturated heterocycles. The Morgan fingerprint density at radius 1 is 1.60 bits per heavy atom. The Labute approximate surface area is 121 Å². The van der Waals surface area contributed by atoms with Gasteiger partial charge in [-0.05, 0) is 11.4 Å². The third kappa shape index (κ3) is 2.36. The second kappa shape index (κ2) is 5.38. The van der Waals surface area contributed by atoms with Crippen molar-refractivity contribution in [1.29, 1.82) is 0 Å². The van der Waals surface area contributed by atoms with Crippen LogP contribution in [0.1, 0.15) is 16.3 Å². The monoisotopic (exact) mass is 291 g/mol. The van der Waals surface area contributed by atoms with Crippen LogP contribution in [0.15, 0.2) is 23.8 Å². The molecule has 0 amide bonds. The molecule has 106 valence electrons. The zero-order valence-corrected chi connectivity index (χ0v) is 12.4. The van der Waals surface area contributed by atoms with Gasteiger partial charge in [0.1, 0.15) is 6.04 Å². The normalized spacial score (nSPS) is 18.8. The predicted octanol–water partition coefficient (Wildman–Crippen LogP) is 1.58. The number of rotatable bonds is 3.